The van der Waals surface area contributed by atoms with Gasteiger partial charge in [0, 0.05) is 17.3 Å². The first-order valence-electron chi connectivity index (χ1n) is 11.4. The number of anilines is 1. The number of carbonyl (C=O) groups is 2. The average Bonchev–Trinajstić information content (AvgIpc) is 3.35. The summed E-state index contributed by atoms with van der Waals surface area (Å²) in [6.07, 6.45) is 4.13. The summed E-state index contributed by atoms with van der Waals surface area (Å²) < 4.78 is 7.38. The monoisotopic (exact) mass is 535 g/mol. The van der Waals surface area contributed by atoms with E-state index in [9.17, 15) is 9.59 Å². The number of ether oxygens (including phenoxy) is 1. The smallest absolute Gasteiger partial charge is 0.329 e. The molecule has 188 valence electrons. The maximum Gasteiger partial charge on any atom is 0.329 e. The van der Waals surface area contributed by atoms with Gasteiger partial charge < -0.3 is 10.1 Å². The Hall–Kier alpha value is -4.14. The van der Waals surface area contributed by atoms with Gasteiger partial charge in [0.1, 0.15) is 11.4 Å². The molecule has 37 heavy (non-hydrogen) atoms. The highest BCUT2D eigenvalue weighted by Gasteiger charge is 2.16. The fraction of sp³-hybridized carbons (Fsp3) is 0.111. The fourth-order valence-corrected chi connectivity index (χ4v) is 3.69. The van der Waals surface area contributed by atoms with Crippen LogP contribution in [0.4, 0.5) is 5.69 Å². The number of aromatic nitrogens is 2. The largest absolute Gasteiger partial charge is 0.494 e. The first kappa shape index (κ1) is 25.9. The summed E-state index contributed by atoms with van der Waals surface area (Å²) in [6, 6.07) is 21.9. The molecule has 0 bridgehead atoms. The maximum atomic E-state index is 12.3. The van der Waals surface area contributed by atoms with Gasteiger partial charge in [-0.15, -0.1) is 0 Å². The van der Waals surface area contributed by atoms with Crippen LogP contribution in [0, 0.1) is 0 Å². The number of nitrogens with one attached hydrogen (secondary N) is 2. The van der Waals surface area contributed by atoms with Crippen molar-refractivity contribution in [2.24, 2.45) is 5.10 Å². The van der Waals surface area contributed by atoms with E-state index in [2.05, 4.69) is 15.8 Å². The summed E-state index contributed by atoms with van der Waals surface area (Å²) in [5.74, 6) is -1.15. The van der Waals surface area contributed by atoms with Crippen molar-refractivity contribution in [2.75, 3.05) is 11.9 Å². The summed E-state index contributed by atoms with van der Waals surface area (Å²) in [5, 5.41) is 11.5. The molecule has 0 aliphatic rings. The van der Waals surface area contributed by atoms with Gasteiger partial charge in [-0.05, 0) is 55.0 Å². The van der Waals surface area contributed by atoms with Crippen LogP contribution in [0.5, 0.6) is 5.75 Å². The second kappa shape index (κ2) is 12.2. The Balaban J connectivity index is 1.53. The Labute approximate surface area is 223 Å². The number of halogens is 2. The van der Waals surface area contributed by atoms with Crippen molar-refractivity contribution >= 4 is 46.9 Å². The van der Waals surface area contributed by atoms with E-state index >= 15 is 0 Å². The molecule has 0 saturated heterocycles. The third-order valence-corrected chi connectivity index (χ3v) is 5.96. The normalized spacial score (nSPS) is 10.9. The molecule has 0 radical (unpaired) electrons. The second-order valence-corrected chi connectivity index (χ2v) is 8.63. The standard InChI is InChI=1S/C27H23Cl2N5O3/c1-2-15-37-21-13-11-18(12-14-21)25-19(17-34(33-25)20-7-4-3-5-8-20)16-30-32-27(36)26(35)31-23-10-6-9-22(28)24(23)29/h3-14,16-17H,2,15H2,1H3,(H,31,35)(H,32,36)/b30-16-. The number of para-hydroxylation sites is 1. The van der Waals surface area contributed by atoms with E-state index in [0.717, 1.165) is 23.4 Å². The highest BCUT2D eigenvalue weighted by Crippen LogP contribution is 2.29. The number of hydrogen-bond donors (Lipinski definition) is 2. The summed E-state index contributed by atoms with van der Waals surface area (Å²) >= 11 is 12.0. The highest BCUT2D eigenvalue weighted by molar-refractivity contribution is 6.45. The zero-order valence-electron chi connectivity index (χ0n) is 19.8. The SMILES string of the molecule is CCCOc1ccc(-c2nn(-c3ccccc3)cc2/C=N\NC(=O)C(=O)Nc2cccc(Cl)c2Cl)cc1. The predicted octanol–water partition coefficient (Wildman–Crippen LogP) is 5.72. The third kappa shape index (κ3) is 6.55. The molecule has 1 aromatic heterocycles. The second-order valence-electron chi connectivity index (χ2n) is 7.84. The molecule has 0 spiro atoms. The van der Waals surface area contributed by atoms with E-state index in [4.69, 9.17) is 33.0 Å². The molecule has 4 aromatic rings. The van der Waals surface area contributed by atoms with Gasteiger partial charge in [-0.1, -0.05) is 54.4 Å². The van der Waals surface area contributed by atoms with Gasteiger partial charge in [-0.2, -0.15) is 10.2 Å². The fourth-order valence-electron chi connectivity index (χ4n) is 3.34. The summed E-state index contributed by atoms with van der Waals surface area (Å²) in [5.41, 5.74) is 5.40. The molecule has 0 unspecified atom stereocenters. The number of amides is 2. The van der Waals surface area contributed by atoms with Crippen LogP contribution in [-0.4, -0.2) is 34.4 Å². The van der Waals surface area contributed by atoms with Crippen LogP contribution in [0.25, 0.3) is 16.9 Å². The Bertz CT molecular complexity index is 1420. The first-order valence-corrected chi connectivity index (χ1v) is 12.2. The van der Waals surface area contributed by atoms with Crippen LogP contribution in [0.2, 0.25) is 10.0 Å². The lowest BCUT2D eigenvalue weighted by atomic mass is 10.1. The van der Waals surface area contributed by atoms with Crippen molar-refractivity contribution in [1.82, 2.24) is 15.2 Å². The number of hydrogen-bond acceptors (Lipinski definition) is 5. The van der Waals surface area contributed by atoms with Crippen molar-refractivity contribution in [3.8, 4) is 22.7 Å². The molecular formula is C27H23Cl2N5O3. The molecule has 0 aliphatic carbocycles. The minimum absolute atomic E-state index is 0.137. The van der Waals surface area contributed by atoms with Crippen molar-refractivity contribution in [1.29, 1.82) is 0 Å². The van der Waals surface area contributed by atoms with Crippen LogP contribution in [0.3, 0.4) is 0 Å². The number of carbonyl (C=O) groups excluding carboxylic acids is 2. The van der Waals surface area contributed by atoms with Crippen LogP contribution in [-0.2, 0) is 9.59 Å². The molecule has 0 aliphatic heterocycles. The van der Waals surface area contributed by atoms with E-state index in [0.29, 0.717) is 17.9 Å². The zero-order valence-corrected chi connectivity index (χ0v) is 21.3. The lowest BCUT2D eigenvalue weighted by Gasteiger charge is -2.07. The summed E-state index contributed by atoms with van der Waals surface area (Å²) in [7, 11) is 0. The van der Waals surface area contributed by atoms with Gasteiger partial charge in [0.2, 0.25) is 0 Å². The maximum absolute atomic E-state index is 12.3. The molecule has 2 N–H and O–H groups in total. The molecule has 0 fully saturated rings. The van der Waals surface area contributed by atoms with Gasteiger partial charge >= 0.3 is 11.8 Å². The van der Waals surface area contributed by atoms with Crippen molar-refractivity contribution in [2.45, 2.75) is 13.3 Å². The minimum atomic E-state index is -0.971. The van der Waals surface area contributed by atoms with Gasteiger partial charge in [-0.25, -0.2) is 10.1 Å². The van der Waals surface area contributed by atoms with Gasteiger partial charge in [0.15, 0.2) is 0 Å². The number of hydrazone groups is 1. The Morgan fingerprint density at radius 2 is 1.76 bits per heavy atom. The van der Waals surface area contributed by atoms with Crippen LogP contribution in [0.15, 0.2) is 84.1 Å². The number of nitrogens with zero attached hydrogens (tertiary/aromatic N) is 3. The number of rotatable bonds is 8. The van der Waals surface area contributed by atoms with E-state index in [1.807, 2.05) is 61.5 Å². The molecule has 0 saturated carbocycles. The van der Waals surface area contributed by atoms with E-state index < -0.39 is 11.8 Å². The molecule has 2 amide bonds. The average molecular weight is 536 g/mol. The van der Waals surface area contributed by atoms with Gasteiger partial charge in [-0.3, -0.25) is 9.59 Å². The quantitative estimate of drug-likeness (QED) is 0.171. The molecule has 4 rings (SSSR count). The van der Waals surface area contributed by atoms with Gasteiger partial charge in [0.05, 0.1) is 34.2 Å². The summed E-state index contributed by atoms with van der Waals surface area (Å²) in [4.78, 5) is 24.6. The van der Waals surface area contributed by atoms with Gasteiger partial charge in [0.25, 0.3) is 0 Å². The zero-order chi connectivity index (χ0) is 26.2. The van der Waals surface area contributed by atoms with Crippen molar-refractivity contribution in [3.63, 3.8) is 0 Å². The Morgan fingerprint density at radius 1 is 1.00 bits per heavy atom. The third-order valence-electron chi connectivity index (χ3n) is 5.14. The van der Waals surface area contributed by atoms with Crippen molar-refractivity contribution < 1.29 is 14.3 Å². The molecule has 8 nitrogen and oxygen atoms in total. The highest BCUT2D eigenvalue weighted by atomic mass is 35.5. The predicted molar refractivity (Wildman–Crippen MR) is 146 cm³/mol. The first-order chi connectivity index (χ1) is 18.0. The Kier molecular flexibility index (Phi) is 8.56. The van der Waals surface area contributed by atoms with Crippen LogP contribution >= 0.6 is 23.2 Å². The number of benzene rings is 3. The molecule has 10 heteroatoms. The van der Waals surface area contributed by atoms with E-state index in [1.54, 1.807) is 23.0 Å². The molecular weight excluding hydrogens is 513 g/mol. The molecule has 1 heterocycles. The van der Waals surface area contributed by atoms with Crippen LogP contribution in [0.1, 0.15) is 18.9 Å². The van der Waals surface area contributed by atoms with E-state index in [1.165, 1.54) is 12.3 Å². The summed E-state index contributed by atoms with van der Waals surface area (Å²) in [6.45, 7) is 2.68. The van der Waals surface area contributed by atoms with Crippen LogP contribution < -0.4 is 15.5 Å². The lowest BCUT2D eigenvalue weighted by Crippen LogP contribution is -2.32. The minimum Gasteiger partial charge on any atom is -0.494 e. The van der Waals surface area contributed by atoms with E-state index in [-0.39, 0.29) is 15.7 Å². The van der Waals surface area contributed by atoms with Crippen molar-refractivity contribution in [3.05, 3.63) is 94.6 Å². The topological polar surface area (TPSA) is 97.6 Å². The molecule has 3 aromatic carbocycles. The lowest BCUT2D eigenvalue weighted by molar-refractivity contribution is -0.136. The Morgan fingerprint density at radius 3 is 2.49 bits per heavy atom. The molecule has 0 atom stereocenters.